The monoisotopic (exact) mass is 377 g/mol. The van der Waals surface area contributed by atoms with Gasteiger partial charge in [-0.25, -0.2) is 9.07 Å². The molecule has 1 heterocycles. The number of nitrogens with zero attached hydrogens (tertiary/aromatic N) is 2. The molecule has 4 rings (SSSR count). The van der Waals surface area contributed by atoms with Gasteiger partial charge in [-0.2, -0.15) is 5.10 Å². The fraction of sp³-hybridized carbons (Fsp3) is 0.550. The highest BCUT2D eigenvalue weighted by Gasteiger charge is 2.39. The first-order valence-electron chi connectivity index (χ1n) is 9.40. The summed E-state index contributed by atoms with van der Waals surface area (Å²) < 4.78 is 21.9. The van der Waals surface area contributed by atoms with E-state index in [9.17, 15) is 4.39 Å². The Kier molecular flexibility index (Phi) is 5.18. The first-order chi connectivity index (χ1) is 12.6. The van der Waals surface area contributed by atoms with E-state index in [-0.39, 0.29) is 12.4 Å². The molecule has 2 saturated carbocycles. The van der Waals surface area contributed by atoms with Crippen LogP contribution in [0.1, 0.15) is 36.9 Å². The number of rotatable bonds is 7. The van der Waals surface area contributed by atoms with Crippen molar-refractivity contribution < 1.29 is 9.13 Å². The van der Waals surface area contributed by atoms with Gasteiger partial charge in [-0.15, -0.1) is 0 Å². The van der Waals surface area contributed by atoms with Crippen LogP contribution >= 0.6 is 11.6 Å². The molecule has 1 N–H and O–H groups in total. The molecule has 0 radical (unpaired) electrons. The van der Waals surface area contributed by atoms with Crippen LogP contribution in [0.5, 0.6) is 5.88 Å². The average Bonchev–Trinajstić information content (AvgIpc) is 3.32. The van der Waals surface area contributed by atoms with Gasteiger partial charge in [-0.3, -0.25) is 0 Å². The van der Waals surface area contributed by atoms with E-state index in [0.29, 0.717) is 28.9 Å². The molecule has 6 heteroatoms. The summed E-state index contributed by atoms with van der Waals surface area (Å²) in [5.74, 6) is 2.82. The zero-order chi connectivity index (χ0) is 18.1. The molecule has 1 aromatic heterocycles. The number of benzene rings is 1. The zero-order valence-electron chi connectivity index (χ0n) is 15.0. The van der Waals surface area contributed by atoms with Gasteiger partial charge in [0.05, 0.1) is 5.69 Å². The summed E-state index contributed by atoms with van der Waals surface area (Å²) in [6.45, 7) is 1.72. The Morgan fingerprint density at radius 3 is 2.92 bits per heavy atom. The molecular weight excluding hydrogens is 353 g/mol. The summed E-state index contributed by atoms with van der Waals surface area (Å²) in [5.41, 5.74) is 1.40. The molecule has 0 spiro atoms. The predicted molar refractivity (Wildman–Crippen MR) is 99.7 cm³/mol. The Bertz CT molecular complexity index is 778. The number of hydrogen-bond donors (Lipinski definition) is 1. The van der Waals surface area contributed by atoms with E-state index in [2.05, 4.69) is 5.32 Å². The molecule has 0 aliphatic heterocycles. The van der Waals surface area contributed by atoms with E-state index in [4.69, 9.17) is 21.4 Å². The number of aromatic nitrogens is 2. The van der Waals surface area contributed by atoms with Crippen LogP contribution in [0.25, 0.3) is 0 Å². The van der Waals surface area contributed by atoms with Crippen molar-refractivity contribution >= 4 is 11.6 Å². The van der Waals surface area contributed by atoms with E-state index in [0.717, 1.165) is 24.1 Å². The summed E-state index contributed by atoms with van der Waals surface area (Å²) in [4.78, 5) is 0. The molecular formula is C20H25ClFN3O. The van der Waals surface area contributed by atoms with Gasteiger partial charge >= 0.3 is 0 Å². The maximum atomic E-state index is 14.0. The summed E-state index contributed by atoms with van der Waals surface area (Å²) in [6.07, 6.45) is 5.42. The highest BCUT2D eigenvalue weighted by atomic mass is 35.5. The quantitative estimate of drug-likeness (QED) is 0.776. The Hall–Kier alpha value is -1.59. The smallest absolute Gasteiger partial charge is 0.212 e. The Balaban J connectivity index is 1.49. The summed E-state index contributed by atoms with van der Waals surface area (Å²) in [7, 11) is 1.90. The first-order valence-corrected chi connectivity index (χ1v) is 9.78. The molecule has 2 aliphatic rings. The summed E-state index contributed by atoms with van der Waals surface area (Å²) in [5, 5.41) is 8.35. The van der Waals surface area contributed by atoms with Gasteiger partial charge in [0.1, 0.15) is 12.4 Å². The van der Waals surface area contributed by atoms with Crippen molar-refractivity contribution in [1.29, 1.82) is 0 Å². The van der Waals surface area contributed by atoms with Gasteiger partial charge in [0.2, 0.25) is 5.88 Å². The SMILES string of the molecule is CNCc1cc(OCc2cc(Cl)ccc2F)n(CC2CC3CCC2C3)n1. The van der Waals surface area contributed by atoms with Crippen molar-refractivity contribution in [1.82, 2.24) is 15.1 Å². The number of nitrogens with one attached hydrogen (secondary N) is 1. The van der Waals surface area contributed by atoms with Gasteiger partial charge in [0, 0.05) is 29.7 Å². The topological polar surface area (TPSA) is 39.1 Å². The lowest BCUT2D eigenvalue weighted by Gasteiger charge is -2.22. The van der Waals surface area contributed by atoms with E-state index >= 15 is 0 Å². The molecule has 1 aromatic carbocycles. The van der Waals surface area contributed by atoms with Crippen LogP contribution in [0.15, 0.2) is 24.3 Å². The first kappa shape index (κ1) is 17.8. The van der Waals surface area contributed by atoms with Crippen LogP contribution < -0.4 is 10.1 Å². The average molecular weight is 378 g/mol. The second-order valence-electron chi connectivity index (χ2n) is 7.65. The second kappa shape index (κ2) is 7.57. The lowest BCUT2D eigenvalue weighted by Crippen LogP contribution is -2.19. The molecule has 2 fully saturated rings. The van der Waals surface area contributed by atoms with Crippen molar-refractivity contribution in [2.24, 2.45) is 17.8 Å². The van der Waals surface area contributed by atoms with E-state index in [1.165, 1.54) is 31.7 Å². The largest absolute Gasteiger partial charge is 0.473 e. The molecule has 2 aromatic rings. The van der Waals surface area contributed by atoms with E-state index in [1.807, 2.05) is 17.8 Å². The molecule has 0 amide bonds. The van der Waals surface area contributed by atoms with Gasteiger partial charge in [-0.1, -0.05) is 18.0 Å². The van der Waals surface area contributed by atoms with E-state index < -0.39 is 0 Å². The fourth-order valence-electron chi connectivity index (χ4n) is 4.59. The number of fused-ring (bicyclic) bond motifs is 2. The van der Waals surface area contributed by atoms with Crippen molar-refractivity contribution in [3.05, 3.63) is 46.4 Å². The Morgan fingerprint density at radius 2 is 2.19 bits per heavy atom. The minimum atomic E-state index is -0.302. The lowest BCUT2D eigenvalue weighted by molar-refractivity contribution is 0.234. The van der Waals surface area contributed by atoms with Crippen molar-refractivity contribution in [2.45, 2.75) is 45.4 Å². The van der Waals surface area contributed by atoms with Gasteiger partial charge in [-0.05, 0) is 62.3 Å². The standard InChI is InChI=1S/C20H25ClFN3O/c1-23-10-18-9-20(26-12-16-8-17(21)4-5-19(16)22)25(24-18)11-15-7-13-2-3-14(15)6-13/h4-5,8-9,13-15,23H,2-3,6-7,10-12H2,1H3. The fourth-order valence-corrected chi connectivity index (χ4v) is 4.79. The zero-order valence-corrected chi connectivity index (χ0v) is 15.8. The third kappa shape index (κ3) is 3.74. The highest BCUT2D eigenvalue weighted by molar-refractivity contribution is 6.30. The van der Waals surface area contributed by atoms with Gasteiger partial charge < -0.3 is 10.1 Å². The number of hydrogen-bond acceptors (Lipinski definition) is 3. The minimum absolute atomic E-state index is 0.147. The van der Waals surface area contributed by atoms with Gasteiger partial charge in [0.25, 0.3) is 0 Å². The lowest BCUT2D eigenvalue weighted by atomic mass is 9.89. The molecule has 2 bridgehead atoms. The summed E-state index contributed by atoms with van der Waals surface area (Å²) in [6, 6.07) is 6.49. The van der Waals surface area contributed by atoms with Crippen LogP contribution in [0.3, 0.4) is 0 Å². The molecule has 3 unspecified atom stereocenters. The van der Waals surface area contributed by atoms with Gasteiger partial charge in [0.15, 0.2) is 0 Å². The molecule has 4 nitrogen and oxygen atoms in total. The van der Waals surface area contributed by atoms with Crippen molar-refractivity contribution in [2.75, 3.05) is 7.05 Å². The number of halogens is 2. The molecule has 140 valence electrons. The van der Waals surface area contributed by atoms with Crippen LogP contribution in [0.2, 0.25) is 5.02 Å². The maximum absolute atomic E-state index is 14.0. The van der Waals surface area contributed by atoms with Crippen LogP contribution in [-0.4, -0.2) is 16.8 Å². The molecule has 26 heavy (non-hydrogen) atoms. The second-order valence-corrected chi connectivity index (χ2v) is 8.08. The van der Waals surface area contributed by atoms with Crippen LogP contribution in [0.4, 0.5) is 4.39 Å². The molecule has 2 aliphatic carbocycles. The Morgan fingerprint density at radius 1 is 1.31 bits per heavy atom. The normalized spacial score (nSPS) is 24.3. The minimum Gasteiger partial charge on any atom is -0.473 e. The Labute approximate surface area is 158 Å². The summed E-state index contributed by atoms with van der Waals surface area (Å²) >= 11 is 5.98. The number of ether oxygens (including phenoxy) is 1. The molecule has 3 atom stereocenters. The van der Waals surface area contributed by atoms with Crippen LogP contribution in [-0.2, 0) is 19.7 Å². The van der Waals surface area contributed by atoms with Crippen LogP contribution in [0, 0.1) is 23.6 Å². The van der Waals surface area contributed by atoms with Crippen molar-refractivity contribution in [3.63, 3.8) is 0 Å². The molecule has 0 saturated heterocycles. The predicted octanol–water partition coefficient (Wildman–Crippen LogP) is 4.41. The van der Waals surface area contributed by atoms with E-state index in [1.54, 1.807) is 12.1 Å². The third-order valence-corrected chi connectivity index (χ3v) is 6.06. The maximum Gasteiger partial charge on any atom is 0.212 e. The highest BCUT2D eigenvalue weighted by Crippen LogP contribution is 2.49. The van der Waals surface area contributed by atoms with Crippen molar-refractivity contribution in [3.8, 4) is 5.88 Å². The third-order valence-electron chi connectivity index (χ3n) is 5.83.